The lowest BCUT2D eigenvalue weighted by Gasteiger charge is -2.30. The van der Waals surface area contributed by atoms with Crippen molar-refractivity contribution in [3.05, 3.63) is 35.0 Å². The molecule has 2 saturated heterocycles. The molecule has 1 aliphatic carbocycles. The molecule has 5 rings (SSSR count). The van der Waals surface area contributed by atoms with Gasteiger partial charge in [-0.2, -0.15) is 5.26 Å². The van der Waals surface area contributed by atoms with Gasteiger partial charge in [0.15, 0.2) is 0 Å². The molecular weight excluding hydrogens is 466 g/mol. The van der Waals surface area contributed by atoms with E-state index in [0.29, 0.717) is 35.7 Å². The minimum Gasteiger partial charge on any atom is -0.356 e. The predicted octanol–water partition coefficient (Wildman–Crippen LogP) is 3.38. The van der Waals surface area contributed by atoms with Crippen molar-refractivity contribution in [3.63, 3.8) is 0 Å². The first-order valence-corrected chi connectivity index (χ1v) is 12.9. The number of hydrogen-bond acceptors (Lipinski definition) is 4. The van der Waals surface area contributed by atoms with Gasteiger partial charge in [0.2, 0.25) is 11.8 Å². The minimum absolute atomic E-state index is 0.0618. The van der Waals surface area contributed by atoms with Crippen molar-refractivity contribution >= 4 is 40.2 Å². The number of H-pyrrole nitrogens is 1. The molecule has 8 nitrogen and oxygen atoms in total. The molecule has 3 aliphatic rings. The van der Waals surface area contributed by atoms with Gasteiger partial charge in [-0.25, -0.2) is 0 Å². The summed E-state index contributed by atoms with van der Waals surface area (Å²) >= 11 is 6.30. The lowest BCUT2D eigenvalue weighted by atomic mass is 9.78. The minimum atomic E-state index is -0.775. The summed E-state index contributed by atoms with van der Waals surface area (Å²) in [7, 11) is 0. The van der Waals surface area contributed by atoms with Crippen molar-refractivity contribution < 1.29 is 14.4 Å². The van der Waals surface area contributed by atoms with E-state index in [4.69, 9.17) is 11.6 Å². The largest absolute Gasteiger partial charge is 0.356 e. The summed E-state index contributed by atoms with van der Waals surface area (Å²) in [6.07, 6.45) is 5.85. The third-order valence-electron chi connectivity index (χ3n) is 7.90. The number of para-hydroxylation sites is 1. The second-order valence-corrected chi connectivity index (χ2v) is 10.5. The Kier molecular flexibility index (Phi) is 6.70. The van der Waals surface area contributed by atoms with E-state index >= 15 is 0 Å². The third-order valence-corrected chi connectivity index (χ3v) is 8.21. The molecule has 184 valence electrons. The summed E-state index contributed by atoms with van der Waals surface area (Å²) < 4.78 is 0. The number of amides is 3. The second-order valence-electron chi connectivity index (χ2n) is 10.1. The Balaban J connectivity index is 1.37. The highest BCUT2D eigenvalue weighted by Crippen LogP contribution is 2.41. The standard InChI is InChI=1S/C26H30ClN5O3/c27-20-9-3-6-15-12-21(31-22(15)20)26(35)32-14-17-5-1-2-8-19(17)23(32)25(34)30-18(13-28)11-16-7-4-10-29-24(16)33/h3,6,9,12,16-19,23,31H,1-2,4-5,7-8,10-11,14H2,(H,29,33)(H,30,34). The van der Waals surface area contributed by atoms with Crippen LogP contribution < -0.4 is 10.6 Å². The first kappa shape index (κ1) is 23.7. The quantitative estimate of drug-likeness (QED) is 0.589. The lowest BCUT2D eigenvalue weighted by molar-refractivity contribution is -0.129. The van der Waals surface area contributed by atoms with E-state index in [9.17, 15) is 19.6 Å². The number of hydrogen-bond donors (Lipinski definition) is 3. The van der Waals surface area contributed by atoms with E-state index < -0.39 is 12.1 Å². The molecule has 35 heavy (non-hydrogen) atoms. The SMILES string of the molecule is N#CC(CC1CCCNC1=O)NC(=O)C1C2CCCCC2CN1C(=O)c1cc2cccc(Cl)c2[nH]1. The molecule has 0 spiro atoms. The number of nitrogens with zero attached hydrogens (tertiary/aromatic N) is 2. The van der Waals surface area contributed by atoms with Crippen LogP contribution in [0.2, 0.25) is 5.02 Å². The number of aromatic nitrogens is 1. The maximum atomic E-state index is 13.7. The number of rotatable bonds is 5. The van der Waals surface area contributed by atoms with Gasteiger partial charge in [0, 0.05) is 24.4 Å². The number of likely N-dealkylation sites (tertiary alicyclic amines) is 1. The van der Waals surface area contributed by atoms with Crippen LogP contribution >= 0.6 is 11.6 Å². The van der Waals surface area contributed by atoms with Crippen LogP contribution in [0.5, 0.6) is 0 Å². The van der Waals surface area contributed by atoms with Crippen LogP contribution in [0, 0.1) is 29.1 Å². The molecule has 0 radical (unpaired) electrons. The van der Waals surface area contributed by atoms with Gasteiger partial charge < -0.3 is 20.5 Å². The average Bonchev–Trinajstić information content (AvgIpc) is 3.47. The number of benzene rings is 1. The molecule has 2 aromatic rings. The Morgan fingerprint density at radius 1 is 1.23 bits per heavy atom. The Hall–Kier alpha value is -3.05. The summed E-state index contributed by atoms with van der Waals surface area (Å²) in [4.78, 5) is 44.2. The van der Waals surface area contributed by atoms with Crippen molar-refractivity contribution in [2.75, 3.05) is 13.1 Å². The fourth-order valence-electron chi connectivity index (χ4n) is 6.16. The molecule has 1 aromatic carbocycles. The number of carbonyl (C=O) groups excluding carboxylic acids is 3. The van der Waals surface area contributed by atoms with E-state index in [2.05, 4.69) is 21.7 Å². The highest BCUT2D eigenvalue weighted by Gasteiger charge is 2.49. The fraction of sp³-hybridized carbons (Fsp3) is 0.538. The number of nitrogens with one attached hydrogen (secondary N) is 3. The van der Waals surface area contributed by atoms with Gasteiger partial charge in [-0.15, -0.1) is 0 Å². The summed E-state index contributed by atoms with van der Waals surface area (Å²) in [5, 5.41) is 16.8. The predicted molar refractivity (Wildman–Crippen MR) is 131 cm³/mol. The van der Waals surface area contributed by atoms with Crippen LogP contribution in [0.25, 0.3) is 10.9 Å². The zero-order valence-corrected chi connectivity index (χ0v) is 20.3. The number of nitriles is 1. The number of halogens is 1. The van der Waals surface area contributed by atoms with Gasteiger partial charge in [0.25, 0.3) is 5.91 Å². The molecule has 1 saturated carbocycles. The molecule has 3 fully saturated rings. The molecule has 2 aliphatic heterocycles. The third kappa shape index (κ3) is 4.62. The number of aromatic amines is 1. The van der Waals surface area contributed by atoms with Crippen LogP contribution in [-0.4, -0.2) is 52.8 Å². The van der Waals surface area contributed by atoms with E-state index in [1.165, 1.54) is 0 Å². The monoisotopic (exact) mass is 495 g/mol. The Labute approximate surface area is 209 Å². The maximum Gasteiger partial charge on any atom is 0.271 e. The van der Waals surface area contributed by atoms with Crippen molar-refractivity contribution in [1.82, 2.24) is 20.5 Å². The van der Waals surface area contributed by atoms with E-state index in [0.717, 1.165) is 37.5 Å². The lowest BCUT2D eigenvalue weighted by Crippen LogP contribution is -2.52. The summed E-state index contributed by atoms with van der Waals surface area (Å²) in [5.74, 6) is -0.544. The first-order chi connectivity index (χ1) is 17.0. The molecule has 5 unspecified atom stereocenters. The Morgan fingerprint density at radius 3 is 2.83 bits per heavy atom. The van der Waals surface area contributed by atoms with E-state index in [1.807, 2.05) is 12.1 Å². The summed E-state index contributed by atoms with van der Waals surface area (Å²) in [6, 6.07) is 8.02. The van der Waals surface area contributed by atoms with Gasteiger partial charge in [-0.05, 0) is 56.1 Å². The van der Waals surface area contributed by atoms with Gasteiger partial charge in [-0.1, -0.05) is 36.6 Å². The van der Waals surface area contributed by atoms with Crippen molar-refractivity contribution in [2.24, 2.45) is 17.8 Å². The van der Waals surface area contributed by atoms with Crippen LogP contribution in [0.4, 0.5) is 0 Å². The molecule has 3 N–H and O–H groups in total. The molecule has 0 bridgehead atoms. The zero-order valence-electron chi connectivity index (χ0n) is 19.6. The Bertz CT molecular complexity index is 1190. The molecule has 1 aromatic heterocycles. The number of carbonyl (C=O) groups is 3. The molecule has 9 heteroatoms. The highest BCUT2D eigenvalue weighted by molar-refractivity contribution is 6.35. The Morgan fingerprint density at radius 2 is 2.06 bits per heavy atom. The van der Waals surface area contributed by atoms with Gasteiger partial charge in [0.1, 0.15) is 17.8 Å². The van der Waals surface area contributed by atoms with Crippen LogP contribution in [0.1, 0.15) is 55.4 Å². The molecular formula is C26H30ClN5O3. The normalized spacial score (nSPS) is 27.1. The average molecular weight is 496 g/mol. The van der Waals surface area contributed by atoms with Gasteiger partial charge >= 0.3 is 0 Å². The summed E-state index contributed by atoms with van der Waals surface area (Å²) in [5.41, 5.74) is 1.10. The van der Waals surface area contributed by atoms with Gasteiger partial charge in [0.05, 0.1) is 16.6 Å². The van der Waals surface area contributed by atoms with Crippen molar-refractivity contribution in [3.8, 4) is 6.07 Å². The van der Waals surface area contributed by atoms with Crippen LogP contribution in [-0.2, 0) is 9.59 Å². The fourth-order valence-corrected chi connectivity index (χ4v) is 6.39. The maximum absolute atomic E-state index is 13.7. The van der Waals surface area contributed by atoms with Gasteiger partial charge in [-0.3, -0.25) is 14.4 Å². The first-order valence-electron chi connectivity index (χ1n) is 12.5. The number of fused-ring (bicyclic) bond motifs is 2. The molecule has 5 atom stereocenters. The molecule has 3 heterocycles. The summed E-state index contributed by atoms with van der Waals surface area (Å²) in [6.45, 7) is 1.17. The van der Waals surface area contributed by atoms with E-state index in [1.54, 1.807) is 17.0 Å². The molecule has 3 amide bonds. The zero-order chi connectivity index (χ0) is 24.5. The van der Waals surface area contributed by atoms with Crippen LogP contribution in [0.3, 0.4) is 0 Å². The van der Waals surface area contributed by atoms with Crippen molar-refractivity contribution in [1.29, 1.82) is 5.26 Å². The second kappa shape index (κ2) is 9.90. The number of piperidine rings is 1. The van der Waals surface area contributed by atoms with Crippen molar-refractivity contribution in [2.45, 2.75) is 57.0 Å². The smallest absolute Gasteiger partial charge is 0.271 e. The van der Waals surface area contributed by atoms with E-state index in [-0.39, 0.29) is 41.9 Å². The van der Waals surface area contributed by atoms with Crippen LogP contribution in [0.15, 0.2) is 24.3 Å². The topological polar surface area (TPSA) is 118 Å². The highest BCUT2D eigenvalue weighted by atomic mass is 35.5.